The van der Waals surface area contributed by atoms with Gasteiger partial charge in [0, 0.05) is 17.3 Å². The predicted octanol–water partition coefficient (Wildman–Crippen LogP) is 5.38. The SMILES string of the molecule is C=N/C(=C\C(=C(/C)OC[C@](C)(N)CC(C)C)C(F)F)c1ccnc(C(F)F)c1. The van der Waals surface area contributed by atoms with E-state index in [0.29, 0.717) is 12.3 Å². The molecule has 1 atom stereocenters. The molecule has 28 heavy (non-hydrogen) atoms. The van der Waals surface area contributed by atoms with Crippen molar-refractivity contribution in [3.05, 3.63) is 47.0 Å². The Kier molecular flexibility index (Phi) is 8.81. The van der Waals surface area contributed by atoms with Gasteiger partial charge in [0.15, 0.2) is 0 Å². The van der Waals surface area contributed by atoms with E-state index in [1.807, 2.05) is 13.8 Å². The van der Waals surface area contributed by atoms with Crippen LogP contribution in [0.15, 0.2) is 40.7 Å². The highest BCUT2D eigenvalue weighted by molar-refractivity contribution is 5.70. The van der Waals surface area contributed by atoms with E-state index in [1.165, 1.54) is 13.0 Å². The van der Waals surface area contributed by atoms with Gasteiger partial charge >= 0.3 is 0 Å². The van der Waals surface area contributed by atoms with Gasteiger partial charge in [0.05, 0.1) is 11.3 Å². The number of hydrogen-bond acceptors (Lipinski definition) is 4. The van der Waals surface area contributed by atoms with E-state index in [-0.39, 0.29) is 23.6 Å². The van der Waals surface area contributed by atoms with Crippen LogP contribution < -0.4 is 5.73 Å². The molecule has 0 saturated carbocycles. The molecule has 0 unspecified atom stereocenters. The van der Waals surface area contributed by atoms with Gasteiger partial charge in [0.1, 0.15) is 18.1 Å². The van der Waals surface area contributed by atoms with Crippen molar-refractivity contribution in [3.63, 3.8) is 0 Å². The Morgan fingerprint density at radius 1 is 1.36 bits per heavy atom. The van der Waals surface area contributed by atoms with E-state index in [1.54, 1.807) is 6.92 Å². The number of alkyl halides is 4. The lowest BCUT2D eigenvalue weighted by Crippen LogP contribution is -2.42. The Morgan fingerprint density at radius 2 is 2.00 bits per heavy atom. The number of nitrogens with zero attached hydrogens (tertiary/aromatic N) is 2. The zero-order chi connectivity index (χ0) is 21.5. The van der Waals surface area contributed by atoms with Crippen LogP contribution in [-0.4, -0.2) is 30.3 Å². The van der Waals surface area contributed by atoms with Crippen LogP contribution in [-0.2, 0) is 4.74 Å². The van der Waals surface area contributed by atoms with Gasteiger partial charge in [-0.05, 0) is 51.1 Å². The third kappa shape index (κ3) is 7.42. The molecule has 0 saturated heterocycles. The van der Waals surface area contributed by atoms with Gasteiger partial charge in [-0.1, -0.05) is 13.8 Å². The molecule has 1 aromatic rings. The molecule has 0 fully saturated rings. The minimum absolute atomic E-state index is 0.0141. The standard InChI is InChI=1S/C20H27F4N3O/c1-12(2)10-20(4,25)11-28-13(3)15(18(21)22)9-16(26-5)14-6-7-27-17(8-14)19(23)24/h6-9,12,18-19H,5,10-11,25H2,1-4H3/b15-13-,16-9-/t20-/m1/s1. The van der Waals surface area contributed by atoms with E-state index in [9.17, 15) is 17.6 Å². The third-order valence-corrected chi connectivity index (χ3v) is 3.90. The zero-order valence-electron chi connectivity index (χ0n) is 16.6. The van der Waals surface area contributed by atoms with Crippen molar-refractivity contribution in [2.24, 2.45) is 16.6 Å². The zero-order valence-corrected chi connectivity index (χ0v) is 16.6. The number of hydrogen-bond donors (Lipinski definition) is 1. The van der Waals surface area contributed by atoms with E-state index >= 15 is 0 Å². The first-order valence-electron chi connectivity index (χ1n) is 8.80. The van der Waals surface area contributed by atoms with Gasteiger partial charge in [0.25, 0.3) is 12.9 Å². The summed E-state index contributed by atoms with van der Waals surface area (Å²) in [7, 11) is 0. The first kappa shape index (κ1) is 23.8. The molecule has 2 N–H and O–H groups in total. The smallest absolute Gasteiger partial charge is 0.280 e. The summed E-state index contributed by atoms with van der Waals surface area (Å²) in [4.78, 5) is 7.25. The van der Waals surface area contributed by atoms with Crippen molar-refractivity contribution in [3.8, 4) is 0 Å². The Balaban J connectivity index is 3.19. The second kappa shape index (κ2) is 10.4. The number of aromatic nitrogens is 1. The lowest BCUT2D eigenvalue weighted by atomic mass is 9.93. The van der Waals surface area contributed by atoms with Crippen molar-refractivity contribution >= 4 is 12.4 Å². The quantitative estimate of drug-likeness (QED) is 0.248. The van der Waals surface area contributed by atoms with Gasteiger partial charge in [0.2, 0.25) is 0 Å². The summed E-state index contributed by atoms with van der Waals surface area (Å²) in [6, 6.07) is 2.48. The molecule has 0 radical (unpaired) electrons. The number of allylic oxidation sites excluding steroid dienone is 3. The minimum Gasteiger partial charge on any atom is -0.496 e. The van der Waals surface area contributed by atoms with Crippen LogP contribution in [0.1, 0.15) is 51.8 Å². The van der Waals surface area contributed by atoms with Gasteiger partial charge in [-0.2, -0.15) is 0 Å². The van der Waals surface area contributed by atoms with Crippen LogP contribution in [0.2, 0.25) is 0 Å². The highest BCUT2D eigenvalue weighted by atomic mass is 19.3. The highest BCUT2D eigenvalue weighted by Gasteiger charge is 2.23. The van der Waals surface area contributed by atoms with Gasteiger partial charge in [-0.3, -0.25) is 9.98 Å². The molecule has 1 heterocycles. The molecule has 0 aliphatic heterocycles. The Hall–Kier alpha value is -2.22. The third-order valence-electron chi connectivity index (χ3n) is 3.90. The number of pyridine rings is 1. The molecular formula is C20H27F4N3O. The maximum atomic E-state index is 13.6. The van der Waals surface area contributed by atoms with Gasteiger partial charge in [-0.25, -0.2) is 17.6 Å². The van der Waals surface area contributed by atoms with Crippen LogP contribution in [0, 0.1) is 5.92 Å². The minimum atomic E-state index is -2.86. The van der Waals surface area contributed by atoms with Crippen molar-refractivity contribution in [2.45, 2.75) is 52.5 Å². The first-order chi connectivity index (χ1) is 13.0. The number of aliphatic imine (C=N–C) groups is 1. The van der Waals surface area contributed by atoms with Crippen LogP contribution in [0.5, 0.6) is 0 Å². The second-order valence-electron chi connectivity index (χ2n) is 7.31. The summed E-state index contributed by atoms with van der Waals surface area (Å²) in [5, 5.41) is 0. The molecule has 8 heteroatoms. The maximum absolute atomic E-state index is 13.6. The highest BCUT2D eigenvalue weighted by Crippen LogP contribution is 2.26. The molecule has 1 rings (SSSR count). The van der Waals surface area contributed by atoms with E-state index in [0.717, 1.165) is 18.3 Å². The van der Waals surface area contributed by atoms with Crippen LogP contribution >= 0.6 is 0 Å². The van der Waals surface area contributed by atoms with Gasteiger partial charge in [-0.15, -0.1) is 0 Å². The van der Waals surface area contributed by atoms with Crippen molar-refractivity contribution in [2.75, 3.05) is 6.61 Å². The number of rotatable bonds is 10. The molecule has 0 amide bonds. The lowest BCUT2D eigenvalue weighted by molar-refractivity contribution is 0.126. The summed E-state index contributed by atoms with van der Waals surface area (Å²) in [5.41, 5.74) is 4.79. The largest absolute Gasteiger partial charge is 0.496 e. The van der Waals surface area contributed by atoms with Gasteiger partial charge < -0.3 is 10.5 Å². The van der Waals surface area contributed by atoms with Crippen LogP contribution in [0.4, 0.5) is 17.6 Å². The topological polar surface area (TPSA) is 60.5 Å². The predicted molar refractivity (Wildman–Crippen MR) is 103 cm³/mol. The lowest BCUT2D eigenvalue weighted by Gasteiger charge is -2.27. The first-order valence-corrected chi connectivity index (χ1v) is 8.80. The number of nitrogens with two attached hydrogens (primary N) is 1. The van der Waals surface area contributed by atoms with Crippen LogP contribution in [0.3, 0.4) is 0 Å². The summed E-state index contributed by atoms with van der Waals surface area (Å²) in [6.07, 6.45) is -2.75. The average molecular weight is 401 g/mol. The average Bonchev–Trinajstić information content (AvgIpc) is 2.59. The number of ether oxygens (including phenoxy) is 1. The molecule has 156 valence electrons. The normalized spacial score (nSPS) is 15.6. The fourth-order valence-electron chi connectivity index (χ4n) is 2.76. The van der Waals surface area contributed by atoms with E-state index < -0.39 is 29.7 Å². The fraction of sp³-hybridized carbons (Fsp3) is 0.500. The fourth-order valence-corrected chi connectivity index (χ4v) is 2.76. The van der Waals surface area contributed by atoms with Crippen LogP contribution in [0.25, 0.3) is 5.70 Å². The Bertz CT molecular complexity index is 728. The van der Waals surface area contributed by atoms with E-state index in [4.69, 9.17) is 10.5 Å². The van der Waals surface area contributed by atoms with Crippen molar-refractivity contribution in [1.82, 2.24) is 4.98 Å². The maximum Gasteiger partial charge on any atom is 0.280 e. The molecule has 0 bridgehead atoms. The van der Waals surface area contributed by atoms with Crippen molar-refractivity contribution in [1.29, 1.82) is 0 Å². The second-order valence-corrected chi connectivity index (χ2v) is 7.31. The molecule has 0 spiro atoms. The molecule has 1 aromatic heterocycles. The van der Waals surface area contributed by atoms with E-state index in [2.05, 4.69) is 16.7 Å². The molecule has 0 aliphatic carbocycles. The monoisotopic (exact) mass is 401 g/mol. The number of halogens is 4. The summed E-state index contributed by atoms with van der Waals surface area (Å²) in [6.45, 7) is 10.6. The summed E-state index contributed by atoms with van der Waals surface area (Å²) in [5.74, 6) is 0.310. The summed E-state index contributed by atoms with van der Waals surface area (Å²) >= 11 is 0. The molecule has 0 aliphatic rings. The molecule has 0 aromatic carbocycles. The Morgan fingerprint density at radius 3 is 2.50 bits per heavy atom. The molecule has 4 nitrogen and oxygen atoms in total. The van der Waals surface area contributed by atoms with Crippen molar-refractivity contribution < 1.29 is 22.3 Å². The Labute approximate surface area is 163 Å². The molecular weight excluding hydrogens is 374 g/mol. The summed E-state index contributed by atoms with van der Waals surface area (Å²) < 4.78 is 58.4.